The normalized spacial score (nSPS) is 14.9. The molecule has 0 amide bonds. The highest BCUT2D eigenvalue weighted by Crippen LogP contribution is 2.43. The number of halogens is 3. The molecule has 2 aromatic carbocycles. The summed E-state index contributed by atoms with van der Waals surface area (Å²) in [7, 11) is 1.17. The van der Waals surface area contributed by atoms with E-state index in [0.29, 0.717) is 29.7 Å². The Morgan fingerprint density at radius 1 is 1.21 bits per heavy atom. The number of aromatic nitrogens is 4. The molecule has 10 nitrogen and oxygen atoms in total. The topological polar surface area (TPSA) is 128 Å². The number of aromatic hydroxyl groups is 1. The van der Waals surface area contributed by atoms with Gasteiger partial charge in [0.1, 0.15) is 6.04 Å². The Hall–Kier alpha value is -5.38. The molecule has 13 heteroatoms. The first-order chi connectivity index (χ1) is 20.0. The van der Waals surface area contributed by atoms with Crippen LogP contribution in [0.2, 0.25) is 0 Å². The smallest absolute Gasteiger partial charge is 0.416 e. The van der Waals surface area contributed by atoms with Gasteiger partial charge >= 0.3 is 17.8 Å². The lowest BCUT2D eigenvalue weighted by molar-refractivity contribution is -0.696. The maximum absolute atomic E-state index is 13.6. The molecule has 0 saturated heterocycles. The van der Waals surface area contributed by atoms with Crippen molar-refractivity contribution in [2.75, 3.05) is 12.0 Å². The molecule has 0 fully saturated rings. The fourth-order valence-electron chi connectivity index (χ4n) is 5.13. The standard InChI is InChI=1S/C29H23F3N6O4/c1-17-24(26(40)42-2)25(23-9-8-18(15-33)13-19(23)10-12-36-11-4-7-22(39)16-36)38-27(34-35-28(38)41)37(17)21-6-3-5-20(14-21)29(30,31)32/h3-9,11,13-14,16,25H,10,12H2,1-2H3,(H-,35,39,41)/p+1/t25-/m1/s1. The highest BCUT2D eigenvalue weighted by Gasteiger charge is 2.41. The fraction of sp³-hybridized carbons (Fsp3) is 0.207. The van der Waals surface area contributed by atoms with Crippen LogP contribution in [0.1, 0.15) is 35.2 Å². The summed E-state index contributed by atoms with van der Waals surface area (Å²) in [6.45, 7) is 1.91. The SMILES string of the molecule is COC(=O)C1=C(C)N(c2cccc(C(F)(F)F)c2)c2n[nH]c(=O)n2[C@@H]1c1ccc(C#N)cc1CC[n+]1cccc(O)c1. The average molecular weight is 578 g/mol. The number of anilines is 2. The van der Waals surface area contributed by atoms with Crippen LogP contribution in [0, 0.1) is 11.3 Å². The molecular formula is C29H24F3N6O4+. The van der Waals surface area contributed by atoms with Crippen molar-refractivity contribution < 1.29 is 32.4 Å². The summed E-state index contributed by atoms with van der Waals surface area (Å²) in [6, 6.07) is 13.5. The van der Waals surface area contributed by atoms with Gasteiger partial charge in [-0.05, 0) is 54.4 Å². The van der Waals surface area contributed by atoms with Crippen LogP contribution in [-0.4, -0.2) is 33.0 Å². The average Bonchev–Trinajstić information content (AvgIpc) is 3.35. The second-order valence-corrected chi connectivity index (χ2v) is 9.55. The number of alkyl halides is 3. The van der Waals surface area contributed by atoms with Crippen LogP contribution in [-0.2, 0) is 28.7 Å². The molecule has 214 valence electrons. The number of esters is 1. The van der Waals surface area contributed by atoms with Gasteiger partial charge in [0, 0.05) is 23.9 Å². The Balaban J connectivity index is 1.71. The first-order valence-corrected chi connectivity index (χ1v) is 12.7. The van der Waals surface area contributed by atoms with Gasteiger partial charge in [0.25, 0.3) is 0 Å². The van der Waals surface area contributed by atoms with Crippen LogP contribution in [0.3, 0.4) is 0 Å². The number of pyridine rings is 1. The summed E-state index contributed by atoms with van der Waals surface area (Å²) in [4.78, 5) is 27.9. The van der Waals surface area contributed by atoms with Crippen molar-refractivity contribution in [2.45, 2.75) is 32.1 Å². The van der Waals surface area contributed by atoms with Crippen molar-refractivity contribution in [2.24, 2.45) is 0 Å². The molecule has 1 aliphatic heterocycles. The number of allylic oxidation sites excluding steroid dienone is 1. The van der Waals surface area contributed by atoms with Gasteiger partial charge in [0.15, 0.2) is 18.5 Å². The highest BCUT2D eigenvalue weighted by atomic mass is 19.4. The highest BCUT2D eigenvalue weighted by molar-refractivity contribution is 5.93. The van der Waals surface area contributed by atoms with Crippen LogP contribution >= 0.6 is 0 Å². The third kappa shape index (κ3) is 5.10. The lowest BCUT2D eigenvalue weighted by Crippen LogP contribution is -2.38. The molecule has 4 aromatic rings. The van der Waals surface area contributed by atoms with E-state index in [9.17, 15) is 33.1 Å². The first kappa shape index (κ1) is 28.2. The van der Waals surface area contributed by atoms with E-state index < -0.39 is 29.4 Å². The molecule has 0 spiro atoms. The van der Waals surface area contributed by atoms with Crippen LogP contribution in [0.5, 0.6) is 5.75 Å². The Labute approximate surface area is 237 Å². The minimum atomic E-state index is -4.63. The van der Waals surface area contributed by atoms with Gasteiger partial charge in [-0.3, -0.25) is 4.90 Å². The number of rotatable bonds is 6. The van der Waals surface area contributed by atoms with E-state index in [1.807, 2.05) is 0 Å². The molecule has 2 aromatic heterocycles. The van der Waals surface area contributed by atoms with Crippen LogP contribution in [0.15, 0.2) is 83.1 Å². The maximum atomic E-state index is 13.6. The van der Waals surface area contributed by atoms with Crippen LogP contribution in [0.4, 0.5) is 24.8 Å². The largest absolute Gasteiger partial charge is 0.503 e. The molecule has 42 heavy (non-hydrogen) atoms. The number of hydrogen-bond acceptors (Lipinski definition) is 7. The molecule has 1 aliphatic rings. The van der Waals surface area contributed by atoms with Gasteiger partial charge in [-0.1, -0.05) is 12.1 Å². The Morgan fingerprint density at radius 2 is 2.00 bits per heavy atom. The third-order valence-corrected chi connectivity index (χ3v) is 7.03. The number of aromatic amines is 1. The number of benzene rings is 2. The molecule has 2 N–H and O–H groups in total. The second kappa shape index (κ2) is 10.9. The van der Waals surface area contributed by atoms with Gasteiger partial charge in [0.2, 0.25) is 12.1 Å². The van der Waals surface area contributed by atoms with Crippen LogP contribution in [0.25, 0.3) is 0 Å². The number of nitriles is 1. The lowest BCUT2D eigenvalue weighted by Gasteiger charge is -2.36. The zero-order chi connectivity index (χ0) is 30.2. The van der Waals surface area contributed by atoms with Gasteiger partial charge in [-0.15, -0.1) is 5.10 Å². The predicted molar refractivity (Wildman–Crippen MR) is 142 cm³/mol. The van der Waals surface area contributed by atoms with Crippen molar-refractivity contribution in [1.82, 2.24) is 14.8 Å². The third-order valence-electron chi connectivity index (χ3n) is 7.03. The Bertz CT molecular complexity index is 1820. The number of carbonyl (C=O) groups excluding carboxylic acids is 1. The number of fused-ring (bicyclic) bond motifs is 1. The first-order valence-electron chi connectivity index (χ1n) is 12.7. The van der Waals surface area contributed by atoms with Crippen molar-refractivity contribution in [3.05, 3.63) is 111 Å². The maximum Gasteiger partial charge on any atom is 0.416 e. The van der Waals surface area contributed by atoms with E-state index in [1.165, 1.54) is 47.9 Å². The molecule has 0 bridgehead atoms. The Morgan fingerprint density at radius 3 is 2.69 bits per heavy atom. The van der Waals surface area contributed by atoms with E-state index in [0.717, 1.165) is 12.1 Å². The zero-order valence-electron chi connectivity index (χ0n) is 22.4. The van der Waals surface area contributed by atoms with E-state index in [1.54, 1.807) is 35.0 Å². The molecule has 0 radical (unpaired) electrons. The zero-order valence-corrected chi connectivity index (χ0v) is 22.4. The summed E-state index contributed by atoms with van der Waals surface area (Å²) in [5, 5.41) is 25.9. The van der Waals surface area contributed by atoms with Gasteiger partial charge in [-0.2, -0.15) is 18.4 Å². The van der Waals surface area contributed by atoms with Crippen molar-refractivity contribution in [3.8, 4) is 11.8 Å². The lowest BCUT2D eigenvalue weighted by atomic mass is 9.89. The van der Waals surface area contributed by atoms with Crippen molar-refractivity contribution in [1.29, 1.82) is 5.26 Å². The Kier molecular flexibility index (Phi) is 7.30. The number of carbonyl (C=O) groups is 1. The second-order valence-electron chi connectivity index (χ2n) is 9.55. The summed E-state index contributed by atoms with van der Waals surface area (Å²) < 4.78 is 48.8. The predicted octanol–water partition coefficient (Wildman–Crippen LogP) is 3.89. The molecule has 5 rings (SSSR count). The molecule has 0 aliphatic carbocycles. The number of hydrogen-bond donors (Lipinski definition) is 2. The van der Waals surface area contributed by atoms with Gasteiger partial charge in [-0.25, -0.2) is 23.8 Å². The molecular weight excluding hydrogens is 553 g/mol. The summed E-state index contributed by atoms with van der Waals surface area (Å²) in [5.74, 6) is -0.773. The van der Waals surface area contributed by atoms with Gasteiger partial charge < -0.3 is 9.84 Å². The molecule has 0 saturated carbocycles. The quantitative estimate of drug-likeness (QED) is 0.263. The van der Waals surface area contributed by atoms with E-state index in [-0.39, 0.29) is 28.7 Å². The molecule has 1 atom stereocenters. The monoisotopic (exact) mass is 577 g/mol. The number of aryl methyl sites for hydroxylation is 2. The number of nitrogens with zero attached hydrogens (tertiary/aromatic N) is 5. The van der Waals surface area contributed by atoms with E-state index >= 15 is 0 Å². The minimum Gasteiger partial charge on any atom is -0.503 e. The minimum absolute atomic E-state index is 0.00174. The van der Waals surface area contributed by atoms with E-state index in [2.05, 4.69) is 16.3 Å². The molecule has 0 unspecified atom stereocenters. The summed E-state index contributed by atoms with van der Waals surface area (Å²) >= 11 is 0. The summed E-state index contributed by atoms with van der Waals surface area (Å²) in [5.41, 5.74) is 0.0612. The van der Waals surface area contributed by atoms with Gasteiger partial charge in [0.05, 0.1) is 29.9 Å². The number of H-pyrrole nitrogens is 1. The van der Waals surface area contributed by atoms with Crippen molar-refractivity contribution >= 4 is 17.6 Å². The van der Waals surface area contributed by atoms with Crippen molar-refractivity contribution in [3.63, 3.8) is 0 Å². The van der Waals surface area contributed by atoms with Crippen LogP contribution < -0.4 is 15.2 Å². The summed E-state index contributed by atoms with van der Waals surface area (Å²) in [6.07, 6.45) is -1.01. The number of methoxy groups -OCH3 is 1. The molecule has 3 heterocycles. The fourth-order valence-corrected chi connectivity index (χ4v) is 5.13. The number of nitrogens with one attached hydrogen (secondary N) is 1. The number of ether oxygens (including phenoxy) is 1. The van der Waals surface area contributed by atoms with E-state index in [4.69, 9.17) is 4.74 Å².